The molecule has 0 aliphatic carbocycles. The topological polar surface area (TPSA) is 35.5 Å². The van der Waals surface area contributed by atoms with E-state index in [0.29, 0.717) is 0 Å². The molecule has 0 unspecified atom stereocenters. The Morgan fingerprint density at radius 1 is 1.17 bits per heavy atom. The smallest absolute Gasteiger partial charge is 0.264 e. The minimum absolute atomic E-state index is 0.253. The Bertz CT molecular complexity index is 178. The highest BCUT2D eigenvalue weighted by atomic mass is 32.2. The Hall–Kier alpha value is -0.450. The molecule has 0 saturated heterocycles. The first kappa shape index (κ1) is 11.6. The van der Waals surface area contributed by atoms with Gasteiger partial charge in [-0.25, -0.2) is 0 Å². The molecule has 0 atom stereocenters. The quantitative estimate of drug-likeness (QED) is 0.598. The maximum Gasteiger partial charge on any atom is 0.305 e. The normalized spacial score (nSPS) is 10.2. The van der Waals surface area contributed by atoms with Gasteiger partial charge in [0.2, 0.25) is 0 Å². The highest BCUT2D eigenvalue weighted by molar-refractivity contribution is 7.75. The first-order chi connectivity index (χ1) is 5.52. The van der Waals surface area contributed by atoms with E-state index in [9.17, 15) is 4.21 Å². The van der Waals surface area contributed by atoms with E-state index in [2.05, 4.69) is 13.2 Å². The maximum atomic E-state index is 10.8. The molecule has 0 rings (SSSR count). The summed E-state index contributed by atoms with van der Waals surface area (Å²) >= 11 is -1.68. The van der Waals surface area contributed by atoms with Crippen LogP contribution in [0.5, 0.6) is 0 Å². The van der Waals surface area contributed by atoms with E-state index in [0.717, 1.165) is 11.1 Å². The summed E-state index contributed by atoms with van der Waals surface area (Å²) in [5.74, 6) is 0. The molecule has 4 heteroatoms. The molecule has 0 N–H and O–H groups in total. The van der Waals surface area contributed by atoms with Gasteiger partial charge in [-0.2, -0.15) is 4.21 Å². The Morgan fingerprint density at radius 2 is 1.50 bits per heavy atom. The summed E-state index contributed by atoms with van der Waals surface area (Å²) in [7, 11) is 0. The fraction of sp³-hybridized carbons (Fsp3) is 0.500. The van der Waals surface area contributed by atoms with E-state index in [1.165, 1.54) is 0 Å². The van der Waals surface area contributed by atoms with Crippen molar-refractivity contribution in [2.24, 2.45) is 0 Å². The van der Waals surface area contributed by atoms with Gasteiger partial charge in [-0.1, -0.05) is 24.3 Å². The molecule has 0 aromatic carbocycles. The van der Waals surface area contributed by atoms with Crippen LogP contribution in [0.15, 0.2) is 24.3 Å². The molecule has 0 bridgehead atoms. The second-order valence-corrected chi connectivity index (χ2v) is 3.52. The minimum Gasteiger partial charge on any atom is -0.264 e. The molecule has 0 fully saturated rings. The lowest BCUT2D eigenvalue weighted by Crippen LogP contribution is -2.05. The molecule has 0 aliphatic rings. The molecule has 0 aromatic rings. The van der Waals surface area contributed by atoms with Gasteiger partial charge in [-0.15, -0.1) is 0 Å². The Kier molecular flexibility index (Phi) is 5.88. The van der Waals surface area contributed by atoms with Crippen LogP contribution in [-0.2, 0) is 19.7 Å². The average molecular weight is 190 g/mol. The third-order valence-electron chi connectivity index (χ3n) is 0.803. The monoisotopic (exact) mass is 190 g/mol. The fourth-order valence-electron chi connectivity index (χ4n) is 0.331. The van der Waals surface area contributed by atoms with Crippen LogP contribution < -0.4 is 0 Å². The zero-order chi connectivity index (χ0) is 9.56. The van der Waals surface area contributed by atoms with Crippen LogP contribution in [0.1, 0.15) is 13.8 Å². The summed E-state index contributed by atoms with van der Waals surface area (Å²) in [6, 6.07) is 0. The van der Waals surface area contributed by atoms with E-state index >= 15 is 0 Å². The van der Waals surface area contributed by atoms with Crippen molar-refractivity contribution in [2.45, 2.75) is 13.8 Å². The average Bonchev–Trinajstić information content (AvgIpc) is 1.96. The van der Waals surface area contributed by atoms with Crippen molar-refractivity contribution in [3.63, 3.8) is 0 Å². The van der Waals surface area contributed by atoms with E-state index < -0.39 is 11.4 Å². The van der Waals surface area contributed by atoms with E-state index in [4.69, 9.17) is 8.37 Å². The highest BCUT2D eigenvalue weighted by Crippen LogP contribution is 1.97. The Balaban J connectivity index is 3.47. The van der Waals surface area contributed by atoms with Crippen LogP contribution in [0.2, 0.25) is 0 Å². The maximum absolute atomic E-state index is 10.8. The van der Waals surface area contributed by atoms with E-state index in [1.54, 1.807) is 13.8 Å². The summed E-state index contributed by atoms with van der Waals surface area (Å²) in [6.45, 7) is 11.3. The van der Waals surface area contributed by atoms with Gasteiger partial charge in [0.15, 0.2) is 0 Å². The van der Waals surface area contributed by atoms with Crippen molar-refractivity contribution in [1.29, 1.82) is 0 Å². The lowest BCUT2D eigenvalue weighted by molar-refractivity contribution is 0.280. The van der Waals surface area contributed by atoms with Crippen LogP contribution >= 0.6 is 0 Å². The first-order valence-corrected chi connectivity index (χ1v) is 4.49. The van der Waals surface area contributed by atoms with Crippen LogP contribution in [0, 0.1) is 0 Å². The van der Waals surface area contributed by atoms with Gasteiger partial charge < -0.3 is 0 Å². The van der Waals surface area contributed by atoms with Crippen molar-refractivity contribution in [2.75, 3.05) is 13.2 Å². The molecule has 0 spiro atoms. The molecule has 3 nitrogen and oxygen atoms in total. The van der Waals surface area contributed by atoms with Crippen LogP contribution in [0.3, 0.4) is 0 Å². The largest absolute Gasteiger partial charge is 0.305 e. The molecule has 0 amide bonds. The summed E-state index contributed by atoms with van der Waals surface area (Å²) < 4.78 is 20.4. The van der Waals surface area contributed by atoms with E-state index in [-0.39, 0.29) is 13.2 Å². The minimum atomic E-state index is -1.68. The highest BCUT2D eigenvalue weighted by Gasteiger charge is 2.00. The Morgan fingerprint density at radius 3 is 1.75 bits per heavy atom. The zero-order valence-electron chi connectivity index (χ0n) is 7.46. The lowest BCUT2D eigenvalue weighted by Gasteiger charge is -2.02. The molecule has 0 aliphatic heterocycles. The third kappa shape index (κ3) is 7.65. The predicted octanol–water partition coefficient (Wildman–Crippen LogP) is 1.75. The molecule has 0 aromatic heterocycles. The summed E-state index contributed by atoms with van der Waals surface area (Å²) in [5.41, 5.74) is 1.62. The first-order valence-electron chi connectivity index (χ1n) is 3.49. The van der Waals surface area contributed by atoms with Gasteiger partial charge >= 0.3 is 11.4 Å². The SMILES string of the molecule is C=C(C)COS(=O)OCC(=C)C. The van der Waals surface area contributed by atoms with Crippen molar-refractivity contribution >= 4 is 11.4 Å². The molecular formula is C8H14O3S. The van der Waals surface area contributed by atoms with Crippen molar-refractivity contribution in [1.82, 2.24) is 0 Å². The molecule has 12 heavy (non-hydrogen) atoms. The predicted molar refractivity (Wildman–Crippen MR) is 49.7 cm³/mol. The summed E-state index contributed by atoms with van der Waals surface area (Å²) in [6.07, 6.45) is 0. The van der Waals surface area contributed by atoms with Gasteiger partial charge in [-0.3, -0.25) is 8.37 Å². The van der Waals surface area contributed by atoms with Gasteiger partial charge in [0.1, 0.15) is 0 Å². The molecule has 0 radical (unpaired) electrons. The second-order valence-electron chi connectivity index (χ2n) is 2.64. The lowest BCUT2D eigenvalue weighted by atomic mass is 10.4. The van der Waals surface area contributed by atoms with Gasteiger partial charge in [0.25, 0.3) is 0 Å². The van der Waals surface area contributed by atoms with Crippen LogP contribution in [0.4, 0.5) is 0 Å². The van der Waals surface area contributed by atoms with Crippen molar-refractivity contribution in [3.05, 3.63) is 24.3 Å². The Labute approximate surface area is 75.9 Å². The van der Waals surface area contributed by atoms with Crippen molar-refractivity contribution in [3.8, 4) is 0 Å². The van der Waals surface area contributed by atoms with Gasteiger partial charge in [-0.05, 0) is 13.8 Å². The molecular weight excluding hydrogens is 176 g/mol. The van der Waals surface area contributed by atoms with Crippen LogP contribution in [-0.4, -0.2) is 17.4 Å². The third-order valence-corrected chi connectivity index (χ3v) is 1.42. The molecule has 0 heterocycles. The number of hydrogen-bond acceptors (Lipinski definition) is 3. The number of rotatable bonds is 6. The van der Waals surface area contributed by atoms with Crippen molar-refractivity contribution < 1.29 is 12.6 Å². The zero-order valence-corrected chi connectivity index (χ0v) is 8.28. The van der Waals surface area contributed by atoms with Gasteiger partial charge in [0, 0.05) is 0 Å². The van der Waals surface area contributed by atoms with E-state index in [1.807, 2.05) is 0 Å². The van der Waals surface area contributed by atoms with Crippen LogP contribution in [0.25, 0.3) is 0 Å². The summed E-state index contributed by atoms with van der Waals surface area (Å²) in [4.78, 5) is 0. The second kappa shape index (κ2) is 6.11. The summed E-state index contributed by atoms with van der Waals surface area (Å²) in [5, 5.41) is 0. The molecule has 70 valence electrons. The molecule has 0 saturated carbocycles. The fourth-order valence-corrected chi connectivity index (χ4v) is 0.994. The number of hydrogen-bond donors (Lipinski definition) is 0. The standard InChI is InChI=1S/C8H14O3S/c1-7(2)5-10-12(9)11-6-8(3)4/h1,3,5-6H2,2,4H3. The van der Waals surface area contributed by atoms with Gasteiger partial charge in [0.05, 0.1) is 13.2 Å².